The molecule has 0 amide bonds. The summed E-state index contributed by atoms with van der Waals surface area (Å²) in [5, 5.41) is 0.823. The molecule has 3 aromatic carbocycles. The van der Waals surface area contributed by atoms with Crippen molar-refractivity contribution in [3.8, 4) is 5.75 Å². The summed E-state index contributed by atoms with van der Waals surface area (Å²) < 4.78 is 37.5. The molecule has 0 aliphatic rings. The van der Waals surface area contributed by atoms with Gasteiger partial charge in [0, 0.05) is 11.6 Å². The van der Waals surface area contributed by atoms with Crippen molar-refractivity contribution in [2.24, 2.45) is 0 Å². The average Bonchev–Trinajstić information content (AvgIpc) is 2.82. The van der Waals surface area contributed by atoms with E-state index in [1.54, 1.807) is 43.5 Å². The Hall–Kier alpha value is -3.80. The Balaban J connectivity index is 1.84. The van der Waals surface area contributed by atoms with Gasteiger partial charge in [0.05, 0.1) is 13.7 Å². The van der Waals surface area contributed by atoms with Crippen molar-refractivity contribution < 1.29 is 23.0 Å². The zero-order valence-electron chi connectivity index (χ0n) is 18.4. The van der Waals surface area contributed by atoms with Crippen LogP contribution in [-0.4, -0.2) is 24.7 Å². The highest BCUT2D eigenvalue weighted by molar-refractivity contribution is 6.01. The van der Waals surface area contributed by atoms with Crippen molar-refractivity contribution in [3.05, 3.63) is 106 Å². The molecule has 0 aliphatic heterocycles. The van der Waals surface area contributed by atoms with Crippen LogP contribution in [0, 0.1) is 11.6 Å². The second-order valence-corrected chi connectivity index (χ2v) is 7.68. The summed E-state index contributed by atoms with van der Waals surface area (Å²) in [5.41, 5.74) is 4.45. The van der Waals surface area contributed by atoms with Crippen LogP contribution in [0.15, 0.2) is 66.9 Å². The molecule has 4 aromatic rings. The van der Waals surface area contributed by atoms with Gasteiger partial charge in [0.15, 0.2) is 5.75 Å². The lowest BCUT2D eigenvalue weighted by Crippen LogP contribution is -2.09. The highest BCUT2D eigenvalue weighted by atomic mass is 19.1. The molecule has 0 saturated carbocycles. The van der Waals surface area contributed by atoms with Crippen LogP contribution in [0.5, 0.6) is 5.75 Å². The number of hydrogen-bond donors (Lipinski definition) is 0. The standard InChI is InChI=1S/C27H23F2NO3/c1-3-33-27(31)24-15-20(13-18-6-10-22(29)11-7-18)23-14-19(16-30-25(23)26(24)32-2)12-17-4-8-21(28)9-5-17/h4-11,14-16H,3,12-13H2,1-2H3. The summed E-state index contributed by atoms with van der Waals surface area (Å²) >= 11 is 0. The molecule has 33 heavy (non-hydrogen) atoms. The minimum absolute atomic E-state index is 0.233. The number of methoxy groups -OCH3 is 1. The number of aromatic nitrogens is 1. The smallest absolute Gasteiger partial charge is 0.342 e. The van der Waals surface area contributed by atoms with Gasteiger partial charge < -0.3 is 9.47 Å². The van der Waals surface area contributed by atoms with E-state index in [9.17, 15) is 13.6 Å². The van der Waals surface area contributed by atoms with Crippen LogP contribution >= 0.6 is 0 Å². The predicted molar refractivity (Wildman–Crippen MR) is 123 cm³/mol. The second-order valence-electron chi connectivity index (χ2n) is 7.68. The number of carbonyl (C=O) groups excluding carboxylic acids is 1. The molecule has 0 N–H and O–H groups in total. The first-order chi connectivity index (χ1) is 16.0. The van der Waals surface area contributed by atoms with E-state index in [2.05, 4.69) is 4.98 Å². The van der Waals surface area contributed by atoms with Gasteiger partial charge in [0.1, 0.15) is 22.7 Å². The van der Waals surface area contributed by atoms with E-state index in [-0.39, 0.29) is 18.2 Å². The van der Waals surface area contributed by atoms with Gasteiger partial charge in [-0.15, -0.1) is 0 Å². The molecule has 0 atom stereocenters. The largest absolute Gasteiger partial charge is 0.494 e. The van der Waals surface area contributed by atoms with Crippen molar-refractivity contribution in [3.63, 3.8) is 0 Å². The molecule has 0 fully saturated rings. The van der Waals surface area contributed by atoms with Crippen LogP contribution in [0.4, 0.5) is 8.78 Å². The molecule has 4 nitrogen and oxygen atoms in total. The summed E-state index contributed by atoms with van der Waals surface area (Å²) in [4.78, 5) is 17.3. The lowest BCUT2D eigenvalue weighted by atomic mass is 9.95. The summed E-state index contributed by atoms with van der Waals surface area (Å²) in [6.07, 6.45) is 2.76. The number of esters is 1. The van der Waals surface area contributed by atoms with Gasteiger partial charge in [0.2, 0.25) is 0 Å². The molecule has 4 rings (SSSR count). The Kier molecular flexibility index (Phi) is 6.63. The number of nitrogens with zero attached hydrogens (tertiary/aromatic N) is 1. The first-order valence-electron chi connectivity index (χ1n) is 10.6. The number of rotatable bonds is 7. The fourth-order valence-corrected chi connectivity index (χ4v) is 3.85. The number of ether oxygens (including phenoxy) is 2. The molecule has 0 unspecified atom stereocenters. The van der Waals surface area contributed by atoms with Crippen LogP contribution in [0.25, 0.3) is 10.9 Å². The predicted octanol–water partition coefficient (Wildman–Crippen LogP) is 5.88. The minimum Gasteiger partial charge on any atom is -0.494 e. The third kappa shape index (κ3) is 5.00. The van der Waals surface area contributed by atoms with Crippen molar-refractivity contribution in [2.75, 3.05) is 13.7 Å². The lowest BCUT2D eigenvalue weighted by Gasteiger charge is -2.16. The van der Waals surface area contributed by atoms with Crippen LogP contribution in [0.1, 0.15) is 39.5 Å². The fourth-order valence-electron chi connectivity index (χ4n) is 3.85. The van der Waals surface area contributed by atoms with Gasteiger partial charge >= 0.3 is 5.97 Å². The highest BCUT2D eigenvalue weighted by Gasteiger charge is 2.21. The topological polar surface area (TPSA) is 48.4 Å². The first-order valence-corrected chi connectivity index (χ1v) is 10.6. The summed E-state index contributed by atoms with van der Waals surface area (Å²) in [6, 6.07) is 16.3. The molecule has 0 spiro atoms. The molecular formula is C27H23F2NO3. The summed E-state index contributed by atoms with van der Waals surface area (Å²) in [6.45, 7) is 1.97. The Morgan fingerprint density at radius 1 is 0.879 bits per heavy atom. The Morgan fingerprint density at radius 3 is 2.06 bits per heavy atom. The van der Waals surface area contributed by atoms with Gasteiger partial charge in [0.25, 0.3) is 0 Å². The molecule has 168 valence electrons. The minimum atomic E-state index is -0.492. The summed E-state index contributed by atoms with van der Waals surface area (Å²) in [5.74, 6) is -0.740. The molecule has 1 heterocycles. The molecular weight excluding hydrogens is 424 g/mol. The molecule has 0 radical (unpaired) electrons. The maximum absolute atomic E-state index is 13.4. The monoisotopic (exact) mass is 447 g/mol. The van der Waals surface area contributed by atoms with Gasteiger partial charge in [-0.2, -0.15) is 0 Å². The van der Waals surface area contributed by atoms with Crippen LogP contribution in [-0.2, 0) is 17.6 Å². The number of benzene rings is 3. The van der Waals surface area contributed by atoms with Crippen LogP contribution < -0.4 is 4.74 Å². The van der Waals surface area contributed by atoms with Gasteiger partial charge in [-0.25, -0.2) is 13.6 Å². The third-order valence-corrected chi connectivity index (χ3v) is 5.40. The lowest BCUT2D eigenvalue weighted by molar-refractivity contribution is 0.0523. The van der Waals surface area contributed by atoms with E-state index in [4.69, 9.17) is 9.47 Å². The van der Waals surface area contributed by atoms with E-state index >= 15 is 0 Å². The number of pyridine rings is 1. The third-order valence-electron chi connectivity index (χ3n) is 5.40. The number of halogens is 2. The maximum atomic E-state index is 13.4. The van der Waals surface area contributed by atoms with Crippen LogP contribution in [0.2, 0.25) is 0 Å². The Bertz CT molecular complexity index is 1290. The second kappa shape index (κ2) is 9.77. The average molecular weight is 447 g/mol. The first kappa shape index (κ1) is 22.4. The van der Waals surface area contributed by atoms with Crippen molar-refractivity contribution in [1.82, 2.24) is 4.98 Å². The van der Waals surface area contributed by atoms with E-state index in [0.717, 1.165) is 27.6 Å². The fraction of sp³-hybridized carbons (Fsp3) is 0.185. The summed E-state index contributed by atoms with van der Waals surface area (Å²) in [7, 11) is 1.49. The number of fused-ring (bicyclic) bond motifs is 1. The van der Waals surface area contributed by atoms with Crippen molar-refractivity contribution >= 4 is 16.9 Å². The molecule has 6 heteroatoms. The highest BCUT2D eigenvalue weighted by Crippen LogP contribution is 2.34. The van der Waals surface area contributed by atoms with E-state index in [1.165, 1.54) is 31.4 Å². The Labute approximate surface area is 190 Å². The molecule has 0 bridgehead atoms. The zero-order valence-corrected chi connectivity index (χ0v) is 18.4. The van der Waals surface area contributed by atoms with E-state index < -0.39 is 5.97 Å². The quantitative estimate of drug-likeness (QED) is 0.332. The Morgan fingerprint density at radius 2 is 1.48 bits per heavy atom. The van der Waals surface area contributed by atoms with Crippen molar-refractivity contribution in [2.45, 2.75) is 19.8 Å². The van der Waals surface area contributed by atoms with Crippen LogP contribution in [0.3, 0.4) is 0 Å². The maximum Gasteiger partial charge on any atom is 0.342 e. The molecule has 0 aliphatic carbocycles. The number of hydrogen-bond acceptors (Lipinski definition) is 4. The van der Waals surface area contributed by atoms with Gasteiger partial charge in [-0.05, 0) is 78.4 Å². The molecule has 0 saturated heterocycles. The normalized spacial score (nSPS) is 10.9. The van der Waals surface area contributed by atoms with E-state index in [0.29, 0.717) is 29.7 Å². The number of carbonyl (C=O) groups is 1. The van der Waals surface area contributed by atoms with Crippen molar-refractivity contribution in [1.29, 1.82) is 0 Å². The molecule has 1 aromatic heterocycles. The van der Waals surface area contributed by atoms with E-state index in [1.807, 2.05) is 6.07 Å². The zero-order chi connectivity index (χ0) is 23.4. The van der Waals surface area contributed by atoms with Gasteiger partial charge in [-0.1, -0.05) is 24.3 Å². The SMILES string of the molecule is CCOC(=O)c1cc(Cc2ccc(F)cc2)c2cc(Cc3ccc(F)cc3)cnc2c1OC. The van der Waals surface area contributed by atoms with Gasteiger partial charge in [-0.3, -0.25) is 4.98 Å².